The number of Topliss-reactive ketones (excluding diaryl/α,β-unsaturated/α-hetero) is 3. The number of methoxy groups -OCH3 is 3. The van der Waals surface area contributed by atoms with Gasteiger partial charge >= 0.3 is 5.97 Å². The standard InChI is InChI=1S/C52H81NO15S/c1-31-16-12-11-13-17-32(2)43(61-8)28-40-22-19-37(7)52(60,66-40)49(57)50(58)53-23-15-14-18-41(53)51(59)65-44(34(4)26-38-20-21-39(30-64-67-68-69)45(27-38)62-9)29-42(54)33(3)25-36(6)47(56)48(63-10)46(55)35(5)24-31/h11-13,16-17,25,31,33-35,37-41,43-45,47-48,56,60,69H,14-15,18-24,26-30H2,1-10H3/b13-11+,16-12+,32-17+,36-25+/t31-,33-,34-,35?,37-,38?,39+,40+,41+,43+,44+,45?,47-,48?,52-/m1/s1. The zero-order valence-corrected chi connectivity index (χ0v) is 43.4. The lowest BCUT2D eigenvalue weighted by atomic mass is 9.75. The summed E-state index contributed by atoms with van der Waals surface area (Å²) in [6.07, 6.45) is 12.2. The van der Waals surface area contributed by atoms with Crippen molar-refractivity contribution in [3.63, 3.8) is 0 Å². The van der Waals surface area contributed by atoms with Gasteiger partial charge in [-0.25, -0.2) is 9.68 Å². The van der Waals surface area contributed by atoms with Crippen LogP contribution in [0, 0.1) is 41.4 Å². The highest BCUT2D eigenvalue weighted by Gasteiger charge is 2.53. The average molecular weight is 992 g/mol. The molecule has 3 heterocycles. The summed E-state index contributed by atoms with van der Waals surface area (Å²) < 4.78 is 34.0. The Kier molecular flexibility index (Phi) is 23.9. The highest BCUT2D eigenvalue weighted by Crippen LogP contribution is 2.39. The van der Waals surface area contributed by atoms with Crippen molar-refractivity contribution in [1.29, 1.82) is 0 Å². The molecular formula is C52H81NO15S. The van der Waals surface area contributed by atoms with E-state index >= 15 is 0 Å². The number of rotatable bonds is 10. The van der Waals surface area contributed by atoms with Crippen LogP contribution in [0.3, 0.4) is 0 Å². The summed E-state index contributed by atoms with van der Waals surface area (Å²) in [5, 5.41) is 28.0. The van der Waals surface area contributed by atoms with Crippen molar-refractivity contribution in [3.8, 4) is 0 Å². The van der Waals surface area contributed by atoms with E-state index in [-0.39, 0.29) is 67.3 Å². The number of carbonyl (C=O) groups excluding carboxylic acids is 5. The normalized spacial score (nSPS) is 38.8. The maximum atomic E-state index is 14.5. The van der Waals surface area contributed by atoms with Gasteiger partial charge in [-0.1, -0.05) is 76.1 Å². The first-order chi connectivity index (χ1) is 32.8. The molecule has 1 saturated carbocycles. The Morgan fingerprint density at radius 2 is 1.62 bits per heavy atom. The molecule has 0 spiro atoms. The van der Waals surface area contributed by atoms with Gasteiger partial charge in [0, 0.05) is 77.3 Å². The Labute approximate surface area is 415 Å². The van der Waals surface area contributed by atoms with Gasteiger partial charge in [0.2, 0.25) is 5.79 Å². The molecule has 3 aliphatic heterocycles. The van der Waals surface area contributed by atoms with Gasteiger partial charge in [0.05, 0.1) is 24.9 Å². The van der Waals surface area contributed by atoms with Gasteiger partial charge in [-0.15, -0.1) is 4.33 Å². The number of piperidine rings is 1. The number of cyclic esters (lactones) is 1. The van der Waals surface area contributed by atoms with Gasteiger partial charge < -0.3 is 38.8 Å². The number of hydrogen-bond acceptors (Lipinski definition) is 16. The summed E-state index contributed by atoms with van der Waals surface area (Å²) in [5.74, 6) is -7.97. The minimum Gasteiger partial charge on any atom is -0.460 e. The summed E-state index contributed by atoms with van der Waals surface area (Å²) >= 11 is 3.54. The van der Waals surface area contributed by atoms with E-state index in [0.717, 1.165) is 18.4 Å². The van der Waals surface area contributed by atoms with Crippen molar-refractivity contribution in [2.45, 2.75) is 174 Å². The fourth-order valence-electron chi connectivity index (χ4n) is 10.6. The second-order valence-electron chi connectivity index (χ2n) is 20.2. The predicted molar refractivity (Wildman–Crippen MR) is 260 cm³/mol. The van der Waals surface area contributed by atoms with Crippen LogP contribution in [0.15, 0.2) is 47.6 Å². The Hall–Kier alpha value is -3.10. The Balaban J connectivity index is 1.69. The second-order valence-corrected chi connectivity index (χ2v) is 20.4. The third-order valence-electron chi connectivity index (χ3n) is 15.0. The Morgan fingerprint density at radius 1 is 0.884 bits per heavy atom. The average Bonchev–Trinajstić information content (AvgIpc) is 3.33. The van der Waals surface area contributed by atoms with Crippen molar-refractivity contribution < 1.29 is 72.1 Å². The minimum absolute atomic E-state index is 0.0134. The maximum absolute atomic E-state index is 14.5. The lowest BCUT2D eigenvalue weighted by Gasteiger charge is -2.42. The summed E-state index contributed by atoms with van der Waals surface area (Å²) in [4.78, 5) is 77.3. The molecule has 4 unspecified atom stereocenters. The molecular weight excluding hydrogens is 911 g/mol. The van der Waals surface area contributed by atoms with E-state index in [4.69, 9.17) is 28.6 Å². The number of aliphatic hydroxyl groups is 2. The number of amides is 1. The van der Waals surface area contributed by atoms with Crippen LogP contribution < -0.4 is 0 Å². The van der Waals surface area contributed by atoms with E-state index in [1.165, 1.54) is 12.0 Å². The SMILES string of the molecule is COC1CC(C[C@@H](C)[C@@H]2CC(=O)[C@H](C)/C=C(\C)[C@@H](O)C(OC)C(=O)C(C)C[C@H](C)/C=C/C=C/C=C(\C)[C@@H](OC)C[C@@H]3CC[C@@H](C)[C@@](O)(O3)C(=O)C(=O)N3CCCC[C@H]3C(=O)O2)CC[C@H]1COOOS. The van der Waals surface area contributed by atoms with Crippen molar-refractivity contribution in [2.75, 3.05) is 34.5 Å². The van der Waals surface area contributed by atoms with E-state index in [1.807, 2.05) is 58.1 Å². The molecule has 4 rings (SSSR count). The largest absolute Gasteiger partial charge is 0.460 e. The molecule has 0 radical (unpaired) electrons. The van der Waals surface area contributed by atoms with Gasteiger partial charge in [0.1, 0.15) is 30.1 Å². The number of fused-ring (bicyclic) bond motifs is 3. The van der Waals surface area contributed by atoms with Crippen molar-refractivity contribution in [1.82, 2.24) is 4.90 Å². The quantitative estimate of drug-likeness (QED) is 0.0291. The number of ether oxygens (including phenoxy) is 5. The van der Waals surface area contributed by atoms with E-state index in [9.17, 15) is 34.2 Å². The van der Waals surface area contributed by atoms with Crippen molar-refractivity contribution >= 4 is 42.1 Å². The number of ketones is 3. The van der Waals surface area contributed by atoms with Crippen LogP contribution in [0.1, 0.15) is 126 Å². The number of aliphatic hydroxyl groups excluding tert-OH is 1. The molecule has 1 amide bonds. The highest BCUT2D eigenvalue weighted by molar-refractivity contribution is 7.74. The van der Waals surface area contributed by atoms with Gasteiger partial charge in [0.15, 0.2) is 5.78 Å². The number of esters is 1. The first-order valence-corrected chi connectivity index (χ1v) is 25.2. The number of carbonyl (C=O) groups is 5. The third-order valence-corrected chi connectivity index (χ3v) is 15.1. The van der Waals surface area contributed by atoms with Crippen LogP contribution in [0.5, 0.6) is 0 Å². The molecule has 16 nitrogen and oxygen atoms in total. The topological polar surface area (TPSA) is 203 Å². The van der Waals surface area contributed by atoms with Crippen LogP contribution in [0.25, 0.3) is 0 Å². The molecule has 17 heteroatoms. The first kappa shape index (κ1) is 58.5. The molecule has 0 aromatic carbocycles. The summed E-state index contributed by atoms with van der Waals surface area (Å²) in [6.45, 7) is 13.0. The Bertz CT molecular complexity index is 1840. The molecule has 69 heavy (non-hydrogen) atoms. The molecule has 1 aliphatic carbocycles. The molecule has 2 N–H and O–H groups in total. The van der Waals surface area contributed by atoms with E-state index in [2.05, 4.69) is 22.3 Å². The number of allylic oxidation sites excluding steroid dienone is 6. The van der Waals surface area contributed by atoms with Crippen molar-refractivity contribution in [2.24, 2.45) is 41.4 Å². The van der Waals surface area contributed by atoms with Crippen LogP contribution in [0.4, 0.5) is 0 Å². The first-order valence-electron chi connectivity index (χ1n) is 24.9. The van der Waals surface area contributed by atoms with Crippen molar-refractivity contribution in [3.05, 3.63) is 47.6 Å². The Morgan fingerprint density at radius 3 is 2.30 bits per heavy atom. The molecule has 0 aromatic heterocycles. The van der Waals surface area contributed by atoms with Crippen LogP contribution >= 0.6 is 12.9 Å². The smallest absolute Gasteiger partial charge is 0.329 e. The van der Waals surface area contributed by atoms with Gasteiger partial charge in [-0.05, 0) is 107 Å². The van der Waals surface area contributed by atoms with E-state index < -0.39 is 77.8 Å². The highest BCUT2D eigenvalue weighted by atomic mass is 32.1. The summed E-state index contributed by atoms with van der Waals surface area (Å²) in [7, 11) is 4.59. The third kappa shape index (κ3) is 16.2. The molecule has 2 saturated heterocycles. The van der Waals surface area contributed by atoms with Gasteiger partial charge in [0.25, 0.3) is 11.7 Å². The zero-order chi connectivity index (χ0) is 51.0. The lowest BCUT2D eigenvalue weighted by Crippen LogP contribution is -2.61. The van der Waals surface area contributed by atoms with Crippen LogP contribution in [-0.4, -0.2) is 127 Å². The fourth-order valence-corrected chi connectivity index (χ4v) is 10.6. The van der Waals surface area contributed by atoms with Crippen LogP contribution in [-0.2, 0) is 61.9 Å². The summed E-state index contributed by atoms with van der Waals surface area (Å²) in [5.41, 5.74) is 1.26. The molecule has 0 aromatic rings. The number of thiol groups is 1. The maximum Gasteiger partial charge on any atom is 0.329 e. The number of nitrogens with zero attached hydrogens (tertiary/aromatic N) is 1. The predicted octanol–water partition coefficient (Wildman–Crippen LogP) is 7.16. The van der Waals surface area contributed by atoms with Crippen LogP contribution in [0.2, 0.25) is 0 Å². The lowest BCUT2D eigenvalue weighted by molar-refractivity contribution is -0.463. The molecule has 2 bridgehead atoms. The molecule has 3 fully saturated rings. The minimum atomic E-state index is -2.44. The molecule has 4 aliphatic rings. The van der Waals surface area contributed by atoms with E-state index in [1.54, 1.807) is 41.1 Å². The second kappa shape index (κ2) is 28.2. The molecule has 390 valence electrons. The molecule has 15 atom stereocenters. The van der Waals surface area contributed by atoms with Gasteiger partial charge in [-0.3, -0.25) is 19.2 Å². The summed E-state index contributed by atoms with van der Waals surface area (Å²) in [6, 6.07) is -1.15. The fraction of sp³-hybridized carbons (Fsp3) is 0.750. The van der Waals surface area contributed by atoms with E-state index in [0.29, 0.717) is 56.9 Å². The zero-order valence-electron chi connectivity index (χ0n) is 42.5. The van der Waals surface area contributed by atoms with Gasteiger partial charge in [-0.2, -0.15) is 0 Å². The number of hydrogen-bond donors (Lipinski definition) is 3. The monoisotopic (exact) mass is 992 g/mol.